The van der Waals surface area contributed by atoms with Gasteiger partial charge in [-0.25, -0.2) is 0 Å². The Morgan fingerprint density at radius 3 is 2.54 bits per heavy atom. The minimum Gasteiger partial charge on any atom is -0.426 e. The second-order valence-corrected chi connectivity index (χ2v) is 7.23. The normalized spacial score (nSPS) is 11.2. The fourth-order valence-electron chi connectivity index (χ4n) is 2.29. The van der Waals surface area contributed by atoms with Gasteiger partial charge in [0.1, 0.15) is 5.75 Å². The van der Waals surface area contributed by atoms with Crippen molar-refractivity contribution in [2.24, 2.45) is 5.41 Å². The Kier molecular flexibility index (Phi) is 5.16. The van der Waals surface area contributed by atoms with Gasteiger partial charge in [-0.15, -0.1) is 10.2 Å². The predicted octanol–water partition coefficient (Wildman–Crippen LogP) is 3.25. The number of nitro groups is 1. The smallest absolute Gasteiger partial charge is 0.316 e. The molecule has 0 aliphatic rings. The molecule has 3 rings (SSSR count). The van der Waals surface area contributed by atoms with E-state index in [4.69, 9.17) is 4.74 Å². The summed E-state index contributed by atoms with van der Waals surface area (Å²) in [6, 6.07) is 13.1. The summed E-state index contributed by atoms with van der Waals surface area (Å²) in [7, 11) is 0. The number of carbonyl (C=O) groups is 1. The fourth-order valence-corrected chi connectivity index (χ4v) is 2.29. The molecule has 28 heavy (non-hydrogen) atoms. The molecule has 0 unspecified atom stereocenters. The maximum Gasteiger partial charge on any atom is 0.316 e. The van der Waals surface area contributed by atoms with Crippen LogP contribution in [0.1, 0.15) is 26.3 Å². The van der Waals surface area contributed by atoms with Gasteiger partial charge in [0.15, 0.2) is 0 Å². The highest BCUT2D eigenvalue weighted by atomic mass is 16.6. The van der Waals surface area contributed by atoms with E-state index in [1.807, 2.05) is 0 Å². The fraction of sp³-hybridized carbons (Fsp3) is 0.263. The number of hydrogen-bond acceptors (Lipinski definition) is 7. The molecular formula is C19H19N5O4. The molecule has 1 heterocycles. The van der Waals surface area contributed by atoms with Crippen molar-refractivity contribution < 1.29 is 14.5 Å². The summed E-state index contributed by atoms with van der Waals surface area (Å²) < 4.78 is 5.33. The van der Waals surface area contributed by atoms with E-state index >= 15 is 0 Å². The first-order valence-corrected chi connectivity index (χ1v) is 8.56. The number of nitro benzene ring substituents is 1. The number of esters is 1. The summed E-state index contributed by atoms with van der Waals surface area (Å²) in [6.07, 6.45) is 0. The van der Waals surface area contributed by atoms with Crippen molar-refractivity contribution in [1.82, 2.24) is 20.2 Å². The molecule has 9 heteroatoms. The minimum atomic E-state index is -0.588. The van der Waals surface area contributed by atoms with Gasteiger partial charge in [-0.1, -0.05) is 12.1 Å². The van der Waals surface area contributed by atoms with Crippen LogP contribution in [0.25, 0.3) is 11.4 Å². The largest absolute Gasteiger partial charge is 0.426 e. The van der Waals surface area contributed by atoms with Gasteiger partial charge in [0.05, 0.1) is 16.9 Å². The van der Waals surface area contributed by atoms with Crippen molar-refractivity contribution in [1.29, 1.82) is 0 Å². The number of aromatic nitrogens is 4. The number of ether oxygens (including phenoxy) is 1. The SMILES string of the molecule is CC(C)(C)C(=O)Oc1ccc(-c2nnn(Cc3cccc([N+](=O)[O-])c3)n2)cc1. The van der Waals surface area contributed by atoms with Crippen LogP contribution < -0.4 is 4.74 Å². The van der Waals surface area contributed by atoms with E-state index in [2.05, 4.69) is 15.4 Å². The van der Waals surface area contributed by atoms with E-state index < -0.39 is 10.3 Å². The molecule has 1 aromatic heterocycles. The minimum absolute atomic E-state index is 0.0123. The summed E-state index contributed by atoms with van der Waals surface area (Å²) in [5, 5.41) is 23.2. The third-order valence-electron chi connectivity index (χ3n) is 3.83. The van der Waals surface area contributed by atoms with Crippen molar-refractivity contribution >= 4 is 11.7 Å². The van der Waals surface area contributed by atoms with Crippen molar-refractivity contribution in [2.75, 3.05) is 0 Å². The monoisotopic (exact) mass is 381 g/mol. The molecule has 0 atom stereocenters. The zero-order chi connectivity index (χ0) is 20.3. The lowest BCUT2D eigenvalue weighted by Gasteiger charge is -2.16. The number of non-ortho nitro benzene ring substituents is 1. The van der Waals surface area contributed by atoms with Crippen LogP contribution in [0.3, 0.4) is 0 Å². The molecule has 0 bridgehead atoms. The first-order chi connectivity index (χ1) is 13.2. The Hall–Kier alpha value is -3.62. The summed E-state index contributed by atoms with van der Waals surface area (Å²) in [6.45, 7) is 5.61. The molecule has 0 amide bonds. The Labute approximate surface area is 161 Å². The quantitative estimate of drug-likeness (QED) is 0.288. The molecule has 0 saturated carbocycles. The number of rotatable bonds is 5. The molecule has 0 radical (unpaired) electrons. The molecule has 0 aliphatic carbocycles. The summed E-state index contributed by atoms with van der Waals surface area (Å²) in [5.74, 6) is 0.521. The van der Waals surface area contributed by atoms with E-state index in [1.165, 1.54) is 16.9 Å². The third kappa shape index (κ3) is 4.56. The highest BCUT2D eigenvalue weighted by Gasteiger charge is 2.23. The summed E-state index contributed by atoms with van der Waals surface area (Å²) in [4.78, 5) is 23.7. The molecule has 9 nitrogen and oxygen atoms in total. The second-order valence-electron chi connectivity index (χ2n) is 7.23. The predicted molar refractivity (Wildman–Crippen MR) is 101 cm³/mol. The van der Waals surface area contributed by atoms with E-state index in [9.17, 15) is 14.9 Å². The van der Waals surface area contributed by atoms with Crippen molar-refractivity contribution in [3.8, 4) is 17.1 Å². The molecule has 2 aromatic carbocycles. The third-order valence-corrected chi connectivity index (χ3v) is 3.83. The van der Waals surface area contributed by atoms with Gasteiger partial charge in [-0.2, -0.15) is 4.80 Å². The molecule has 0 N–H and O–H groups in total. The van der Waals surface area contributed by atoms with Gasteiger partial charge in [0.25, 0.3) is 5.69 Å². The lowest BCUT2D eigenvalue weighted by atomic mass is 9.97. The highest BCUT2D eigenvalue weighted by molar-refractivity contribution is 5.78. The maximum absolute atomic E-state index is 11.9. The van der Waals surface area contributed by atoms with Gasteiger partial charge in [0, 0.05) is 17.7 Å². The molecule has 0 saturated heterocycles. The van der Waals surface area contributed by atoms with Gasteiger partial charge in [0.2, 0.25) is 5.82 Å². The molecule has 0 fully saturated rings. The zero-order valence-corrected chi connectivity index (χ0v) is 15.7. The summed E-state index contributed by atoms with van der Waals surface area (Å²) >= 11 is 0. The first kappa shape index (κ1) is 19.2. The van der Waals surface area contributed by atoms with Crippen LogP contribution in [0.5, 0.6) is 5.75 Å². The molecular weight excluding hydrogens is 362 g/mol. The second kappa shape index (κ2) is 7.55. The summed E-state index contributed by atoms with van der Waals surface area (Å²) in [5.41, 5.74) is 0.830. The van der Waals surface area contributed by atoms with E-state index in [0.717, 1.165) is 0 Å². The standard InChI is InChI=1S/C19H19N5O4/c1-19(2,3)18(25)28-16-9-7-14(8-10-16)17-20-22-23(21-17)12-13-5-4-6-15(11-13)24(26)27/h4-11H,12H2,1-3H3. The maximum atomic E-state index is 11.9. The van der Waals surface area contributed by atoms with Crippen molar-refractivity contribution in [2.45, 2.75) is 27.3 Å². The number of tetrazole rings is 1. The van der Waals surface area contributed by atoms with Crippen LogP contribution in [-0.4, -0.2) is 31.1 Å². The van der Waals surface area contributed by atoms with Crippen LogP contribution in [0.2, 0.25) is 0 Å². The van der Waals surface area contributed by atoms with Crippen LogP contribution >= 0.6 is 0 Å². The number of benzene rings is 2. The number of nitrogens with zero attached hydrogens (tertiary/aromatic N) is 5. The van der Waals surface area contributed by atoms with Crippen molar-refractivity contribution in [3.05, 3.63) is 64.2 Å². The number of hydrogen-bond donors (Lipinski definition) is 0. The highest BCUT2D eigenvalue weighted by Crippen LogP contribution is 2.22. The van der Waals surface area contributed by atoms with Gasteiger partial charge < -0.3 is 4.74 Å². The van der Waals surface area contributed by atoms with E-state index in [0.29, 0.717) is 22.7 Å². The van der Waals surface area contributed by atoms with Gasteiger partial charge >= 0.3 is 5.97 Å². The average molecular weight is 381 g/mol. The Bertz CT molecular complexity index is 1010. The zero-order valence-electron chi connectivity index (χ0n) is 15.7. The average Bonchev–Trinajstić information content (AvgIpc) is 3.10. The van der Waals surface area contributed by atoms with Crippen molar-refractivity contribution in [3.63, 3.8) is 0 Å². The van der Waals surface area contributed by atoms with Crippen LogP contribution in [0.15, 0.2) is 48.5 Å². The van der Waals surface area contributed by atoms with Gasteiger partial charge in [-0.3, -0.25) is 14.9 Å². The van der Waals surface area contributed by atoms with E-state index in [-0.39, 0.29) is 18.2 Å². The molecule has 144 valence electrons. The molecule has 3 aromatic rings. The number of carbonyl (C=O) groups excluding carboxylic acids is 1. The first-order valence-electron chi connectivity index (χ1n) is 8.56. The van der Waals surface area contributed by atoms with Crippen LogP contribution in [0, 0.1) is 15.5 Å². The lowest BCUT2D eigenvalue weighted by molar-refractivity contribution is -0.384. The Balaban J connectivity index is 1.71. The lowest BCUT2D eigenvalue weighted by Crippen LogP contribution is -2.25. The van der Waals surface area contributed by atoms with E-state index in [1.54, 1.807) is 57.2 Å². The van der Waals surface area contributed by atoms with Gasteiger partial charge in [-0.05, 0) is 55.8 Å². The Morgan fingerprint density at radius 2 is 1.89 bits per heavy atom. The van der Waals surface area contributed by atoms with Crippen LogP contribution in [-0.2, 0) is 11.3 Å². The Morgan fingerprint density at radius 1 is 1.18 bits per heavy atom. The topological polar surface area (TPSA) is 113 Å². The molecule has 0 aliphatic heterocycles. The van der Waals surface area contributed by atoms with Crippen LogP contribution in [0.4, 0.5) is 5.69 Å². The molecule has 0 spiro atoms.